The second-order valence-corrected chi connectivity index (χ2v) is 6.29. The van der Waals surface area contributed by atoms with E-state index in [-0.39, 0.29) is 18.2 Å². The fraction of sp³-hybridized carbons (Fsp3) is 0.267. The molecule has 0 saturated carbocycles. The van der Waals surface area contributed by atoms with Crippen LogP contribution >= 0.6 is 22.9 Å². The van der Waals surface area contributed by atoms with Crippen molar-refractivity contribution < 1.29 is 9.53 Å². The Hall–Kier alpha value is -2.12. The first kappa shape index (κ1) is 15.8. The minimum absolute atomic E-state index is 0.149. The van der Waals surface area contributed by atoms with Gasteiger partial charge in [-0.2, -0.15) is 9.78 Å². The number of thiazole rings is 1. The molecular weight excluding hydrogens is 336 g/mol. The van der Waals surface area contributed by atoms with E-state index in [1.165, 1.54) is 11.3 Å². The number of amides is 1. The highest BCUT2D eigenvalue weighted by molar-refractivity contribution is 7.20. The fourth-order valence-corrected chi connectivity index (χ4v) is 3.27. The van der Waals surface area contributed by atoms with Gasteiger partial charge in [0.05, 0.1) is 23.0 Å². The van der Waals surface area contributed by atoms with Crippen LogP contribution in [-0.2, 0) is 4.79 Å². The Balaban J connectivity index is 1.99. The van der Waals surface area contributed by atoms with Gasteiger partial charge in [0.15, 0.2) is 0 Å². The summed E-state index contributed by atoms with van der Waals surface area (Å²) in [6, 6.07) is 7.50. The van der Waals surface area contributed by atoms with Crippen LogP contribution < -0.4 is 10.1 Å². The van der Waals surface area contributed by atoms with Crippen LogP contribution in [0, 0.1) is 6.92 Å². The summed E-state index contributed by atoms with van der Waals surface area (Å²) in [5.41, 5.74) is 1.65. The summed E-state index contributed by atoms with van der Waals surface area (Å²) in [7, 11) is 1.63. The quantitative estimate of drug-likeness (QED) is 0.716. The summed E-state index contributed by atoms with van der Waals surface area (Å²) in [6.07, 6.45) is 0.253. The Morgan fingerprint density at radius 2 is 2.26 bits per heavy atom. The van der Waals surface area contributed by atoms with Gasteiger partial charge < -0.3 is 10.1 Å². The van der Waals surface area contributed by atoms with Gasteiger partial charge in [-0.15, -0.1) is 11.6 Å². The SMILES string of the molecule is COc1ccc2nc(-n3nc(C)cc3NC(=O)CCCl)sc2c1. The first-order chi connectivity index (χ1) is 11.1. The number of alkyl halides is 1. The molecule has 0 unspecified atom stereocenters. The number of carbonyl (C=O) groups is 1. The van der Waals surface area contributed by atoms with Crippen LogP contribution in [0.15, 0.2) is 24.3 Å². The third kappa shape index (κ3) is 3.30. The van der Waals surface area contributed by atoms with Gasteiger partial charge in [-0.1, -0.05) is 11.3 Å². The highest BCUT2D eigenvalue weighted by Gasteiger charge is 2.14. The highest BCUT2D eigenvalue weighted by atomic mass is 35.5. The van der Waals surface area contributed by atoms with Crippen LogP contribution in [0.5, 0.6) is 5.75 Å². The van der Waals surface area contributed by atoms with Crippen LogP contribution in [0.3, 0.4) is 0 Å². The smallest absolute Gasteiger partial charge is 0.226 e. The van der Waals surface area contributed by atoms with Gasteiger partial charge in [0.2, 0.25) is 11.0 Å². The Bertz CT molecular complexity index is 858. The van der Waals surface area contributed by atoms with Gasteiger partial charge >= 0.3 is 0 Å². The van der Waals surface area contributed by atoms with Crippen molar-refractivity contribution in [2.45, 2.75) is 13.3 Å². The molecule has 2 heterocycles. The maximum absolute atomic E-state index is 11.8. The normalized spacial score (nSPS) is 10.9. The summed E-state index contributed by atoms with van der Waals surface area (Å²) in [5.74, 6) is 1.49. The van der Waals surface area contributed by atoms with Crippen LogP contribution in [0.1, 0.15) is 12.1 Å². The summed E-state index contributed by atoms with van der Waals surface area (Å²) in [4.78, 5) is 16.4. The molecule has 2 aromatic heterocycles. The van der Waals surface area contributed by atoms with E-state index in [1.54, 1.807) is 17.9 Å². The van der Waals surface area contributed by atoms with E-state index in [1.807, 2.05) is 25.1 Å². The van der Waals surface area contributed by atoms with E-state index in [4.69, 9.17) is 16.3 Å². The molecule has 8 heteroatoms. The minimum Gasteiger partial charge on any atom is -0.497 e. The molecule has 0 radical (unpaired) electrons. The average molecular weight is 351 g/mol. The van der Waals surface area contributed by atoms with E-state index >= 15 is 0 Å². The van der Waals surface area contributed by atoms with E-state index in [9.17, 15) is 4.79 Å². The predicted octanol–water partition coefficient (Wildman–Crippen LogP) is 3.37. The lowest BCUT2D eigenvalue weighted by Gasteiger charge is -2.05. The van der Waals surface area contributed by atoms with Crippen molar-refractivity contribution >= 4 is 44.9 Å². The maximum atomic E-state index is 11.8. The lowest BCUT2D eigenvalue weighted by atomic mass is 10.3. The summed E-state index contributed by atoms with van der Waals surface area (Å²) < 4.78 is 7.86. The first-order valence-corrected chi connectivity index (χ1v) is 8.33. The van der Waals surface area contributed by atoms with Gasteiger partial charge in [0.1, 0.15) is 11.6 Å². The second kappa shape index (κ2) is 6.55. The highest BCUT2D eigenvalue weighted by Crippen LogP contribution is 2.29. The van der Waals surface area contributed by atoms with E-state index in [0.717, 1.165) is 21.7 Å². The Morgan fingerprint density at radius 3 is 3.00 bits per heavy atom. The van der Waals surface area contributed by atoms with E-state index < -0.39 is 0 Å². The zero-order chi connectivity index (χ0) is 16.4. The van der Waals surface area contributed by atoms with Gasteiger partial charge in [-0.3, -0.25) is 4.79 Å². The zero-order valence-electron chi connectivity index (χ0n) is 12.7. The molecule has 0 spiro atoms. The molecule has 0 bridgehead atoms. The number of rotatable bonds is 5. The number of aromatic nitrogens is 3. The number of nitrogens with zero attached hydrogens (tertiary/aromatic N) is 3. The lowest BCUT2D eigenvalue weighted by Crippen LogP contribution is -2.14. The Morgan fingerprint density at radius 1 is 1.43 bits per heavy atom. The van der Waals surface area contributed by atoms with Crippen molar-refractivity contribution in [3.05, 3.63) is 30.0 Å². The second-order valence-electron chi connectivity index (χ2n) is 4.90. The van der Waals surface area contributed by atoms with Crippen LogP contribution in [0.4, 0.5) is 5.82 Å². The molecule has 1 N–H and O–H groups in total. The molecule has 0 aliphatic rings. The number of halogens is 1. The summed E-state index contributed by atoms with van der Waals surface area (Å²) >= 11 is 7.08. The van der Waals surface area contributed by atoms with Gasteiger partial charge in [-0.25, -0.2) is 4.98 Å². The monoisotopic (exact) mass is 350 g/mol. The zero-order valence-corrected chi connectivity index (χ0v) is 14.2. The van der Waals surface area contributed by atoms with Crippen LogP contribution in [0.2, 0.25) is 0 Å². The largest absolute Gasteiger partial charge is 0.497 e. The number of ether oxygens (including phenoxy) is 1. The van der Waals surface area contributed by atoms with Gasteiger partial charge in [-0.05, 0) is 25.1 Å². The van der Waals surface area contributed by atoms with Crippen molar-refractivity contribution in [2.24, 2.45) is 0 Å². The molecule has 0 saturated heterocycles. The third-order valence-corrected chi connectivity index (χ3v) is 4.37. The van der Waals surface area contributed by atoms with Crippen molar-refractivity contribution in [1.82, 2.24) is 14.8 Å². The standard InChI is InChI=1S/C15H15ClN4O2S/c1-9-7-13(18-14(21)5-6-16)20(19-9)15-17-11-4-3-10(22-2)8-12(11)23-15/h3-4,7-8H,5-6H2,1-2H3,(H,18,21). The topological polar surface area (TPSA) is 69.0 Å². The number of hydrogen-bond donors (Lipinski definition) is 1. The number of aryl methyl sites for hydroxylation is 1. The van der Waals surface area contributed by atoms with Gasteiger partial charge in [0, 0.05) is 18.4 Å². The summed E-state index contributed by atoms with van der Waals surface area (Å²) in [5, 5.41) is 7.92. The molecule has 0 atom stereocenters. The maximum Gasteiger partial charge on any atom is 0.226 e. The number of nitrogens with one attached hydrogen (secondary N) is 1. The molecular formula is C15H15ClN4O2S. The number of benzene rings is 1. The Labute approximate surface area is 142 Å². The minimum atomic E-state index is -0.149. The molecule has 6 nitrogen and oxygen atoms in total. The van der Waals surface area contributed by atoms with Crippen molar-refractivity contribution in [3.8, 4) is 10.9 Å². The molecule has 0 fully saturated rings. The average Bonchev–Trinajstić information content (AvgIpc) is 3.09. The van der Waals surface area contributed by atoms with Crippen molar-refractivity contribution in [3.63, 3.8) is 0 Å². The molecule has 3 rings (SSSR count). The van der Waals surface area contributed by atoms with Crippen molar-refractivity contribution in [1.29, 1.82) is 0 Å². The predicted molar refractivity (Wildman–Crippen MR) is 92.0 cm³/mol. The number of methoxy groups -OCH3 is 1. The number of hydrogen-bond acceptors (Lipinski definition) is 5. The number of carbonyl (C=O) groups excluding carboxylic acids is 1. The van der Waals surface area contributed by atoms with Crippen LogP contribution in [0.25, 0.3) is 15.3 Å². The lowest BCUT2D eigenvalue weighted by molar-refractivity contribution is -0.115. The molecule has 3 aromatic rings. The molecule has 23 heavy (non-hydrogen) atoms. The fourth-order valence-electron chi connectivity index (χ4n) is 2.14. The van der Waals surface area contributed by atoms with E-state index in [2.05, 4.69) is 15.4 Å². The number of fused-ring (bicyclic) bond motifs is 1. The summed E-state index contributed by atoms with van der Waals surface area (Å²) in [6.45, 7) is 1.87. The van der Waals surface area contributed by atoms with Gasteiger partial charge in [0.25, 0.3) is 0 Å². The number of anilines is 1. The van der Waals surface area contributed by atoms with E-state index in [0.29, 0.717) is 10.9 Å². The third-order valence-electron chi connectivity index (χ3n) is 3.19. The molecule has 0 aliphatic heterocycles. The molecule has 0 aliphatic carbocycles. The molecule has 120 valence electrons. The first-order valence-electron chi connectivity index (χ1n) is 6.98. The molecule has 1 aromatic carbocycles. The van der Waals surface area contributed by atoms with Crippen molar-refractivity contribution in [2.75, 3.05) is 18.3 Å². The van der Waals surface area contributed by atoms with Crippen LogP contribution in [-0.4, -0.2) is 33.7 Å². The Kier molecular flexibility index (Phi) is 4.49. The molecule has 1 amide bonds.